The second-order valence-corrected chi connectivity index (χ2v) is 8.38. The van der Waals surface area contributed by atoms with Crippen LogP contribution in [0.3, 0.4) is 0 Å². The molecule has 138 valence electrons. The minimum Gasteiger partial charge on any atom is -0.378 e. The number of carbonyl (C=O) groups excluding carboxylic acids is 1. The van der Waals surface area contributed by atoms with Crippen molar-refractivity contribution in [2.75, 3.05) is 13.1 Å². The van der Waals surface area contributed by atoms with Crippen LogP contribution in [0.4, 0.5) is 0 Å². The smallest absolute Gasteiger partial charge is 0.270 e. The molecular formula is C17H17Cl2IN4O2. The van der Waals surface area contributed by atoms with Gasteiger partial charge in [-0.3, -0.25) is 4.79 Å². The Hall–Kier alpha value is -1.16. The highest BCUT2D eigenvalue weighted by atomic mass is 127. The number of piperidine rings is 1. The number of hydrogen-bond donors (Lipinski definition) is 2. The van der Waals surface area contributed by atoms with Crippen LogP contribution in [0.1, 0.15) is 23.3 Å². The van der Waals surface area contributed by atoms with Gasteiger partial charge in [0.05, 0.1) is 39.4 Å². The van der Waals surface area contributed by atoms with Crippen LogP contribution >= 0.6 is 46.1 Å². The van der Waals surface area contributed by atoms with E-state index in [1.54, 1.807) is 15.4 Å². The number of aromatic amines is 1. The number of hydroxylamine groups is 1. The topological polar surface area (TPSA) is 74.6 Å². The maximum absolute atomic E-state index is 12.9. The summed E-state index contributed by atoms with van der Waals surface area (Å²) in [5, 5.41) is 1.90. The third-order valence-corrected chi connectivity index (χ3v) is 6.30. The summed E-state index contributed by atoms with van der Waals surface area (Å²) in [6, 6.07) is 5.43. The van der Waals surface area contributed by atoms with Gasteiger partial charge in [0.1, 0.15) is 5.69 Å². The number of halogens is 3. The summed E-state index contributed by atoms with van der Waals surface area (Å²) >= 11 is 14.4. The summed E-state index contributed by atoms with van der Waals surface area (Å²) < 4.78 is 1.76. The van der Waals surface area contributed by atoms with Gasteiger partial charge in [0.2, 0.25) is 5.88 Å². The van der Waals surface area contributed by atoms with Gasteiger partial charge < -0.3 is 20.5 Å². The number of nitrogens with zero attached hydrogens (tertiary/aromatic N) is 2. The number of nitrogens with one attached hydrogen (secondary N) is 1. The van der Waals surface area contributed by atoms with Gasteiger partial charge >= 0.3 is 0 Å². The molecule has 3 heterocycles. The highest BCUT2D eigenvalue weighted by Gasteiger charge is 2.35. The minimum atomic E-state index is -0.0177. The Bertz CT molecular complexity index is 892. The first-order chi connectivity index (χ1) is 12.4. The molecule has 1 unspecified atom stereocenters. The first-order valence-corrected chi connectivity index (χ1v) is 10.0. The molecule has 3 N–H and O–H groups in total. The number of benzene rings is 1. The first-order valence-electron chi connectivity index (χ1n) is 8.29. The number of amides is 1. The molecule has 4 rings (SSSR count). The quantitative estimate of drug-likeness (QED) is 0.475. The van der Waals surface area contributed by atoms with Crippen molar-refractivity contribution in [3.05, 3.63) is 45.9 Å². The lowest BCUT2D eigenvalue weighted by atomic mass is 9.89. The fourth-order valence-corrected chi connectivity index (χ4v) is 5.02. The van der Waals surface area contributed by atoms with Gasteiger partial charge in [-0.2, -0.15) is 0 Å². The summed E-state index contributed by atoms with van der Waals surface area (Å²) in [7, 11) is 0. The number of rotatable bonds is 2. The SMILES string of the molecule is NC1=CC(C2CCN(C(=O)c3cc4cc(Cl)cc(Cl)c4[nH]3)CC2)N(I)O1. The summed E-state index contributed by atoms with van der Waals surface area (Å²) in [6.45, 7) is 1.39. The van der Waals surface area contributed by atoms with E-state index >= 15 is 0 Å². The van der Waals surface area contributed by atoms with Crippen molar-refractivity contribution in [2.24, 2.45) is 11.7 Å². The molecule has 0 saturated carbocycles. The molecule has 2 aromatic rings. The average molecular weight is 507 g/mol. The molecular weight excluding hydrogens is 490 g/mol. The normalized spacial score (nSPS) is 21.9. The van der Waals surface area contributed by atoms with E-state index in [9.17, 15) is 4.79 Å². The number of hydrogen-bond acceptors (Lipinski definition) is 4. The molecule has 1 atom stereocenters. The van der Waals surface area contributed by atoms with Gasteiger partial charge in [-0.15, -0.1) is 0 Å². The van der Waals surface area contributed by atoms with Crippen molar-refractivity contribution >= 4 is 62.9 Å². The fraction of sp³-hybridized carbons (Fsp3) is 0.353. The van der Waals surface area contributed by atoms with E-state index in [1.807, 2.05) is 17.0 Å². The zero-order valence-electron chi connectivity index (χ0n) is 13.7. The van der Waals surface area contributed by atoms with Gasteiger partial charge in [-0.1, -0.05) is 26.5 Å². The number of aromatic nitrogens is 1. The van der Waals surface area contributed by atoms with Crippen molar-refractivity contribution in [3.63, 3.8) is 0 Å². The molecule has 6 nitrogen and oxygen atoms in total. The van der Waals surface area contributed by atoms with Gasteiger partial charge in [-0.05, 0) is 43.0 Å². The summed E-state index contributed by atoms with van der Waals surface area (Å²) in [4.78, 5) is 23.2. The van der Waals surface area contributed by atoms with Crippen LogP contribution in [-0.2, 0) is 4.84 Å². The average Bonchev–Trinajstić information content (AvgIpc) is 3.17. The second-order valence-electron chi connectivity index (χ2n) is 6.59. The summed E-state index contributed by atoms with van der Waals surface area (Å²) in [6.07, 6.45) is 3.74. The maximum Gasteiger partial charge on any atom is 0.270 e. The van der Waals surface area contributed by atoms with E-state index in [2.05, 4.69) is 27.8 Å². The lowest BCUT2D eigenvalue weighted by molar-refractivity contribution is -0.0201. The third-order valence-electron chi connectivity index (χ3n) is 4.95. The maximum atomic E-state index is 12.9. The summed E-state index contributed by atoms with van der Waals surface area (Å²) in [5.74, 6) is 0.834. The van der Waals surface area contributed by atoms with Crippen LogP contribution in [0.2, 0.25) is 10.0 Å². The molecule has 0 radical (unpaired) electrons. The largest absolute Gasteiger partial charge is 0.378 e. The van der Waals surface area contributed by atoms with Crippen LogP contribution in [0.5, 0.6) is 0 Å². The van der Waals surface area contributed by atoms with Crippen molar-refractivity contribution in [2.45, 2.75) is 18.9 Å². The van der Waals surface area contributed by atoms with Gasteiger partial charge in [-0.25, -0.2) is 0 Å². The van der Waals surface area contributed by atoms with E-state index in [1.165, 1.54) is 0 Å². The molecule has 0 spiro atoms. The van der Waals surface area contributed by atoms with Crippen LogP contribution < -0.4 is 5.73 Å². The fourth-order valence-electron chi connectivity index (χ4n) is 3.62. The Kier molecular flexibility index (Phi) is 4.98. The molecule has 2 aliphatic heterocycles. The van der Waals surface area contributed by atoms with Gasteiger partial charge in [0.15, 0.2) is 0 Å². The van der Waals surface area contributed by atoms with Crippen LogP contribution in [0.15, 0.2) is 30.2 Å². The van der Waals surface area contributed by atoms with Crippen molar-refractivity contribution in [1.29, 1.82) is 0 Å². The summed E-state index contributed by atoms with van der Waals surface area (Å²) in [5.41, 5.74) is 7.01. The monoisotopic (exact) mass is 506 g/mol. The molecule has 1 aromatic heterocycles. The molecule has 0 bridgehead atoms. The first kappa shape index (κ1) is 18.2. The standard InChI is InChI=1S/C17H17Cl2IN4O2/c18-11-5-10-6-13(22-16(10)12(19)7-11)17(25)23-3-1-9(2-4-23)14-8-15(21)26-24(14)20/h5-9,14,22H,1-4,21H2. The highest BCUT2D eigenvalue weighted by molar-refractivity contribution is 14.1. The van der Waals surface area contributed by atoms with Crippen LogP contribution in [0, 0.1) is 5.92 Å². The molecule has 2 aliphatic rings. The van der Waals surface area contributed by atoms with Crippen molar-refractivity contribution in [3.8, 4) is 0 Å². The number of fused-ring (bicyclic) bond motifs is 1. The van der Waals surface area contributed by atoms with Crippen molar-refractivity contribution < 1.29 is 9.63 Å². The van der Waals surface area contributed by atoms with Crippen molar-refractivity contribution in [1.82, 2.24) is 13.2 Å². The lowest BCUT2D eigenvalue weighted by Crippen LogP contribution is -2.42. The molecule has 1 amide bonds. The molecule has 9 heteroatoms. The Labute approximate surface area is 174 Å². The number of carbonyl (C=O) groups is 1. The number of nitrogens with two attached hydrogens (primary N) is 1. The molecule has 1 saturated heterocycles. The lowest BCUT2D eigenvalue weighted by Gasteiger charge is -2.34. The Balaban J connectivity index is 1.46. The Morgan fingerprint density at radius 1 is 1.27 bits per heavy atom. The Morgan fingerprint density at radius 2 is 2.00 bits per heavy atom. The van der Waals surface area contributed by atoms with E-state index in [-0.39, 0.29) is 11.9 Å². The molecule has 1 fully saturated rings. The molecule has 0 aliphatic carbocycles. The van der Waals surface area contributed by atoms with Crippen LogP contribution in [0.25, 0.3) is 10.9 Å². The molecule has 1 aromatic carbocycles. The zero-order chi connectivity index (χ0) is 18.4. The molecule has 26 heavy (non-hydrogen) atoms. The van der Waals surface area contributed by atoms with E-state index in [4.69, 9.17) is 33.8 Å². The Morgan fingerprint density at radius 3 is 2.65 bits per heavy atom. The van der Waals surface area contributed by atoms with E-state index in [0.717, 1.165) is 23.7 Å². The minimum absolute atomic E-state index is 0.0177. The van der Waals surface area contributed by atoms with Crippen LogP contribution in [-0.4, -0.2) is 38.2 Å². The number of H-pyrrole nitrogens is 1. The van der Waals surface area contributed by atoms with Gasteiger partial charge in [0, 0.05) is 23.5 Å². The number of likely N-dealkylation sites (tertiary alicyclic amines) is 1. The zero-order valence-corrected chi connectivity index (χ0v) is 17.4. The predicted molar refractivity (Wildman–Crippen MR) is 110 cm³/mol. The highest BCUT2D eigenvalue weighted by Crippen LogP contribution is 2.33. The third kappa shape index (κ3) is 3.37. The second kappa shape index (κ2) is 7.10. The predicted octanol–water partition coefficient (Wildman–Crippen LogP) is 4.09. The van der Waals surface area contributed by atoms with E-state index < -0.39 is 0 Å². The van der Waals surface area contributed by atoms with Gasteiger partial charge in [0.25, 0.3) is 5.91 Å². The van der Waals surface area contributed by atoms with E-state index in [0.29, 0.717) is 40.6 Å².